The molecule has 0 amide bonds. The summed E-state index contributed by atoms with van der Waals surface area (Å²) in [5, 5.41) is 4.79. The number of ether oxygens (including phenoxy) is 3. The molecule has 2 aliphatic heterocycles. The van der Waals surface area contributed by atoms with Crippen molar-refractivity contribution in [2.45, 2.75) is 31.4 Å². The highest BCUT2D eigenvalue weighted by Crippen LogP contribution is 2.33. The molecular formula is C27H28N6O3. The number of aromatic nitrogens is 5. The van der Waals surface area contributed by atoms with E-state index < -0.39 is 0 Å². The van der Waals surface area contributed by atoms with Crippen LogP contribution in [-0.2, 0) is 11.2 Å². The van der Waals surface area contributed by atoms with Crippen LogP contribution in [0.5, 0.6) is 11.8 Å². The predicted octanol–water partition coefficient (Wildman–Crippen LogP) is 3.72. The standard InChI is InChI=1S/C27H28N6O3/c1-34-21-7-4-5-19(17-21)22-8-14-33(31-22)26-18-25(32-13-9-24-23(32)11-16-35-24)29-27(30-26)36-15-10-20-6-2-3-12-28-20/h2-8,12,14,17-18,23-24H,9-11,13,15-16H2,1H3/t23-,24-/m1/s1. The second-order valence-corrected chi connectivity index (χ2v) is 8.91. The van der Waals surface area contributed by atoms with Gasteiger partial charge in [-0.1, -0.05) is 18.2 Å². The number of rotatable bonds is 8. The number of hydrogen-bond acceptors (Lipinski definition) is 8. The number of nitrogens with zero attached hydrogens (tertiary/aromatic N) is 6. The van der Waals surface area contributed by atoms with Gasteiger partial charge < -0.3 is 19.1 Å². The second kappa shape index (κ2) is 9.94. The molecule has 4 aromatic rings. The van der Waals surface area contributed by atoms with Crippen LogP contribution in [0.15, 0.2) is 67.0 Å². The maximum absolute atomic E-state index is 6.03. The monoisotopic (exact) mass is 484 g/mol. The van der Waals surface area contributed by atoms with Crippen molar-refractivity contribution in [3.05, 3.63) is 72.7 Å². The predicted molar refractivity (Wildman–Crippen MR) is 135 cm³/mol. The van der Waals surface area contributed by atoms with Crippen molar-refractivity contribution in [1.82, 2.24) is 24.7 Å². The Hall–Kier alpha value is -3.98. The number of hydrogen-bond donors (Lipinski definition) is 0. The summed E-state index contributed by atoms with van der Waals surface area (Å²) >= 11 is 0. The lowest BCUT2D eigenvalue weighted by Gasteiger charge is -2.24. The van der Waals surface area contributed by atoms with Gasteiger partial charge in [-0.2, -0.15) is 15.1 Å². The van der Waals surface area contributed by atoms with E-state index in [4.69, 9.17) is 29.3 Å². The van der Waals surface area contributed by atoms with Gasteiger partial charge in [-0.25, -0.2) is 4.68 Å². The fraction of sp³-hybridized carbons (Fsp3) is 0.333. The number of methoxy groups -OCH3 is 1. The molecular weight excluding hydrogens is 456 g/mol. The fourth-order valence-corrected chi connectivity index (χ4v) is 4.90. The third-order valence-corrected chi connectivity index (χ3v) is 6.71. The van der Waals surface area contributed by atoms with E-state index in [0.717, 1.165) is 54.5 Å². The Morgan fingerprint density at radius 3 is 2.86 bits per heavy atom. The second-order valence-electron chi connectivity index (χ2n) is 8.91. The Kier molecular flexibility index (Phi) is 6.21. The van der Waals surface area contributed by atoms with E-state index in [1.165, 1.54) is 0 Å². The molecule has 36 heavy (non-hydrogen) atoms. The molecule has 9 heteroatoms. The van der Waals surface area contributed by atoms with Crippen molar-refractivity contribution in [2.75, 3.05) is 31.8 Å². The van der Waals surface area contributed by atoms with Crippen molar-refractivity contribution in [2.24, 2.45) is 0 Å². The molecule has 0 spiro atoms. The van der Waals surface area contributed by atoms with Gasteiger partial charge in [0.25, 0.3) is 0 Å². The molecule has 5 heterocycles. The van der Waals surface area contributed by atoms with E-state index in [-0.39, 0.29) is 6.10 Å². The van der Waals surface area contributed by atoms with Gasteiger partial charge in [-0.15, -0.1) is 0 Å². The third-order valence-electron chi connectivity index (χ3n) is 6.71. The summed E-state index contributed by atoms with van der Waals surface area (Å²) in [6, 6.07) is 18.3. The quantitative estimate of drug-likeness (QED) is 0.374. The summed E-state index contributed by atoms with van der Waals surface area (Å²) in [6.45, 7) is 2.12. The van der Waals surface area contributed by atoms with Crippen LogP contribution in [0.4, 0.5) is 5.82 Å². The lowest BCUT2D eigenvalue weighted by Crippen LogP contribution is -2.32. The van der Waals surface area contributed by atoms with Crippen molar-refractivity contribution in [3.8, 4) is 28.8 Å². The Bertz CT molecular complexity index is 1330. The molecule has 0 bridgehead atoms. The molecule has 0 aliphatic carbocycles. The summed E-state index contributed by atoms with van der Waals surface area (Å²) in [4.78, 5) is 16.2. The van der Waals surface area contributed by atoms with Gasteiger partial charge in [0.05, 0.1) is 31.6 Å². The highest BCUT2D eigenvalue weighted by molar-refractivity contribution is 5.61. The Morgan fingerprint density at radius 1 is 1.03 bits per heavy atom. The van der Waals surface area contributed by atoms with Gasteiger partial charge in [0.2, 0.25) is 0 Å². The summed E-state index contributed by atoms with van der Waals surface area (Å²) in [7, 11) is 1.66. The van der Waals surface area contributed by atoms with E-state index in [1.54, 1.807) is 18.0 Å². The summed E-state index contributed by atoms with van der Waals surface area (Å²) < 4.78 is 19.1. The number of pyridine rings is 1. The van der Waals surface area contributed by atoms with Crippen molar-refractivity contribution >= 4 is 5.82 Å². The highest BCUT2D eigenvalue weighted by Gasteiger charge is 2.39. The van der Waals surface area contributed by atoms with Crippen molar-refractivity contribution in [3.63, 3.8) is 0 Å². The third kappa shape index (κ3) is 4.61. The van der Waals surface area contributed by atoms with Gasteiger partial charge in [0, 0.05) is 49.3 Å². The topological polar surface area (TPSA) is 87.4 Å². The molecule has 0 saturated carbocycles. The van der Waals surface area contributed by atoms with E-state index in [0.29, 0.717) is 30.9 Å². The fourth-order valence-electron chi connectivity index (χ4n) is 4.90. The molecule has 2 fully saturated rings. The first-order chi connectivity index (χ1) is 17.8. The first kappa shape index (κ1) is 22.5. The van der Waals surface area contributed by atoms with Crippen LogP contribution in [0.1, 0.15) is 18.5 Å². The normalized spacial score (nSPS) is 18.9. The van der Waals surface area contributed by atoms with Crippen LogP contribution < -0.4 is 14.4 Å². The molecule has 9 nitrogen and oxygen atoms in total. The minimum Gasteiger partial charge on any atom is -0.497 e. The number of anilines is 1. The zero-order valence-electron chi connectivity index (χ0n) is 20.2. The smallest absolute Gasteiger partial charge is 0.320 e. The highest BCUT2D eigenvalue weighted by atomic mass is 16.5. The largest absolute Gasteiger partial charge is 0.497 e. The van der Waals surface area contributed by atoms with Crippen molar-refractivity contribution in [1.29, 1.82) is 0 Å². The van der Waals surface area contributed by atoms with Crippen LogP contribution >= 0.6 is 0 Å². The van der Waals surface area contributed by atoms with E-state index in [2.05, 4.69) is 9.88 Å². The minimum atomic E-state index is 0.265. The van der Waals surface area contributed by atoms with Crippen LogP contribution in [0.2, 0.25) is 0 Å². The van der Waals surface area contributed by atoms with Crippen LogP contribution in [-0.4, -0.2) is 63.7 Å². The van der Waals surface area contributed by atoms with Gasteiger partial charge in [-0.05, 0) is 43.2 Å². The average molecular weight is 485 g/mol. The molecule has 0 radical (unpaired) electrons. The first-order valence-electron chi connectivity index (χ1n) is 12.3. The maximum Gasteiger partial charge on any atom is 0.320 e. The molecule has 184 valence electrons. The Labute approximate surface area is 209 Å². The Balaban J connectivity index is 1.29. The lowest BCUT2D eigenvalue weighted by atomic mass is 10.1. The first-order valence-corrected chi connectivity index (χ1v) is 12.3. The minimum absolute atomic E-state index is 0.265. The summed E-state index contributed by atoms with van der Waals surface area (Å²) in [6.07, 6.45) is 6.64. The van der Waals surface area contributed by atoms with Crippen LogP contribution in [0.3, 0.4) is 0 Å². The molecule has 3 aromatic heterocycles. The van der Waals surface area contributed by atoms with E-state index in [9.17, 15) is 0 Å². The van der Waals surface area contributed by atoms with Crippen molar-refractivity contribution < 1.29 is 14.2 Å². The molecule has 1 aromatic carbocycles. The number of benzene rings is 1. The summed E-state index contributed by atoms with van der Waals surface area (Å²) in [5.41, 5.74) is 2.77. The van der Waals surface area contributed by atoms with E-state index in [1.807, 2.05) is 60.8 Å². The zero-order valence-corrected chi connectivity index (χ0v) is 20.2. The van der Waals surface area contributed by atoms with Crippen LogP contribution in [0.25, 0.3) is 17.1 Å². The van der Waals surface area contributed by atoms with Gasteiger partial charge in [-0.3, -0.25) is 4.98 Å². The maximum atomic E-state index is 6.03. The number of fused-ring (bicyclic) bond motifs is 1. The molecule has 6 rings (SSSR count). The van der Waals surface area contributed by atoms with E-state index >= 15 is 0 Å². The lowest BCUT2D eigenvalue weighted by molar-refractivity contribution is 0.113. The molecule has 2 atom stereocenters. The molecule has 0 unspecified atom stereocenters. The molecule has 2 aliphatic rings. The SMILES string of the molecule is COc1cccc(-c2ccn(-c3cc(N4CC[C@H]5OCC[C@H]54)nc(OCCc4ccccn4)n3)n2)c1. The molecule has 0 N–H and O–H groups in total. The van der Waals surface area contributed by atoms with Crippen LogP contribution in [0, 0.1) is 0 Å². The zero-order chi connectivity index (χ0) is 24.3. The molecule has 2 saturated heterocycles. The Morgan fingerprint density at radius 2 is 1.97 bits per heavy atom. The summed E-state index contributed by atoms with van der Waals surface area (Å²) in [5.74, 6) is 2.28. The average Bonchev–Trinajstić information content (AvgIpc) is 3.67. The van der Waals surface area contributed by atoms with Gasteiger partial charge in [0.1, 0.15) is 11.6 Å². The van der Waals surface area contributed by atoms with Gasteiger partial charge >= 0.3 is 6.01 Å². The van der Waals surface area contributed by atoms with Gasteiger partial charge in [0.15, 0.2) is 5.82 Å².